The fraction of sp³-hybridized carbons (Fsp3) is 0.400. The van der Waals surface area contributed by atoms with E-state index in [2.05, 4.69) is 0 Å². The standard InChI is InChI=1S/C10H14FNO2/c1-14-10-8(7(5-12)6-13)3-2-4-9(10)11/h2-4,7,13H,5-6,12H2,1H3. The van der Waals surface area contributed by atoms with E-state index in [1.165, 1.54) is 13.2 Å². The number of halogens is 1. The number of ether oxygens (including phenoxy) is 1. The van der Waals surface area contributed by atoms with Crippen molar-refractivity contribution in [2.45, 2.75) is 5.92 Å². The van der Waals surface area contributed by atoms with Gasteiger partial charge in [-0.25, -0.2) is 4.39 Å². The molecule has 14 heavy (non-hydrogen) atoms. The van der Waals surface area contributed by atoms with Gasteiger partial charge in [0.1, 0.15) is 0 Å². The number of methoxy groups -OCH3 is 1. The Morgan fingerprint density at radius 1 is 1.57 bits per heavy atom. The highest BCUT2D eigenvalue weighted by Gasteiger charge is 2.16. The van der Waals surface area contributed by atoms with Gasteiger partial charge in [0.25, 0.3) is 0 Å². The van der Waals surface area contributed by atoms with Crippen molar-refractivity contribution >= 4 is 0 Å². The molecule has 3 nitrogen and oxygen atoms in total. The molecule has 0 heterocycles. The maximum Gasteiger partial charge on any atom is 0.165 e. The van der Waals surface area contributed by atoms with Gasteiger partial charge in [0, 0.05) is 18.0 Å². The van der Waals surface area contributed by atoms with Crippen LogP contribution in [0.1, 0.15) is 11.5 Å². The van der Waals surface area contributed by atoms with Crippen LogP contribution in [0.4, 0.5) is 4.39 Å². The van der Waals surface area contributed by atoms with E-state index in [4.69, 9.17) is 15.6 Å². The van der Waals surface area contributed by atoms with Crippen LogP contribution < -0.4 is 10.5 Å². The highest BCUT2D eigenvalue weighted by Crippen LogP contribution is 2.28. The molecule has 0 aliphatic heterocycles. The summed E-state index contributed by atoms with van der Waals surface area (Å²) in [7, 11) is 1.40. The third kappa shape index (κ3) is 2.02. The zero-order valence-corrected chi connectivity index (χ0v) is 8.03. The molecule has 0 radical (unpaired) electrons. The summed E-state index contributed by atoms with van der Waals surface area (Å²) in [6.45, 7) is 0.145. The smallest absolute Gasteiger partial charge is 0.165 e. The number of nitrogens with two attached hydrogens (primary N) is 1. The van der Waals surface area contributed by atoms with Crippen molar-refractivity contribution in [1.82, 2.24) is 0 Å². The molecule has 1 rings (SSSR count). The van der Waals surface area contributed by atoms with E-state index < -0.39 is 5.82 Å². The average Bonchev–Trinajstić information content (AvgIpc) is 2.20. The molecule has 0 aliphatic rings. The second-order valence-corrected chi connectivity index (χ2v) is 2.98. The number of hydrogen-bond acceptors (Lipinski definition) is 3. The van der Waals surface area contributed by atoms with Crippen molar-refractivity contribution < 1.29 is 14.2 Å². The minimum Gasteiger partial charge on any atom is -0.493 e. The van der Waals surface area contributed by atoms with Gasteiger partial charge < -0.3 is 15.6 Å². The normalized spacial score (nSPS) is 12.6. The Labute approximate surface area is 82.3 Å². The third-order valence-electron chi connectivity index (χ3n) is 2.15. The van der Waals surface area contributed by atoms with E-state index in [0.717, 1.165) is 0 Å². The molecule has 0 saturated heterocycles. The molecule has 0 bridgehead atoms. The van der Waals surface area contributed by atoms with Gasteiger partial charge in [0.2, 0.25) is 0 Å². The van der Waals surface area contributed by atoms with Crippen LogP contribution in [0.5, 0.6) is 5.75 Å². The van der Waals surface area contributed by atoms with Crippen molar-refractivity contribution in [1.29, 1.82) is 0 Å². The molecular formula is C10H14FNO2. The molecule has 0 fully saturated rings. The molecule has 0 aromatic heterocycles. The molecule has 1 aromatic rings. The lowest BCUT2D eigenvalue weighted by atomic mass is 9.99. The van der Waals surface area contributed by atoms with E-state index in [1.807, 2.05) is 0 Å². The summed E-state index contributed by atoms with van der Waals surface area (Å²) in [6.07, 6.45) is 0. The largest absolute Gasteiger partial charge is 0.493 e. The first-order valence-electron chi connectivity index (χ1n) is 4.38. The zero-order valence-electron chi connectivity index (χ0n) is 8.03. The van der Waals surface area contributed by atoms with Crippen molar-refractivity contribution in [2.75, 3.05) is 20.3 Å². The summed E-state index contributed by atoms with van der Waals surface area (Å²) in [6, 6.07) is 4.59. The van der Waals surface area contributed by atoms with Crippen molar-refractivity contribution in [2.24, 2.45) is 5.73 Å². The van der Waals surface area contributed by atoms with E-state index >= 15 is 0 Å². The summed E-state index contributed by atoms with van der Waals surface area (Å²) < 4.78 is 18.2. The molecule has 1 unspecified atom stereocenters. The Balaban J connectivity index is 3.11. The second-order valence-electron chi connectivity index (χ2n) is 2.98. The van der Waals surface area contributed by atoms with Gasteiger partial charge >= 0.3 is 0 Å². The highest BCUT2D eigenvalue weighted by atomic mass is 19.1. The predicted molar refractivity (Wildman–Crippen MR) is 51.8 cm³/mol. The number of rotatable bonds is 4. The van der Waals surface area contributed by atoms with Crippen LogP contribution in [0.25, 0.3) is 0 Å². The minimum atomic E-state index is -0.433. The van der Waals surface area contributed by atoms with Gasteiger partial charge in [-0.05, 0) is 6.07 Å². The van der Waals surface area contributed by atoms with Crippen molar-refractivity contribution in [3.05, 3.63) is 29.6 Å². The molecule has 0 amide bonds. The Hall–Kier alpha value is -1.13. The number of benzene rings is 1. The molecule has 4 heteroatoms. The molecule has 0 saturated carbocycles. The SMILES string of the molecule is COc1c(F)cccc1C(CN)CO. The Morgan fingerprint density at radius 2 is 2.29 bits per heavy atom. The quantitative estimate of drug-likeness (QED) is 0.756. The fourth-order valence-corrected chi connectivity index (χ4v) is 1.36. The Bertz CT molecular complexity index is 300. The van der Waals surface area contributed by atoms with Gasteiger partial charge in [0.05, 0.1) is 13.7 Å². The lowest BCUT2D eigenvalue weighted by Crippen LogP contribution is -2.17. The minimum absolute atomic E-state index is 0.115. The van der Waals surface area contributed by atoms with Crippen LogP contribution in [0.15, 0.2) is 18.2 Å². The topological polar surface area (TPSA) is 55.5 Å². The number of aliphatic hydroxyl groups excluding tert-OH is 1. The molecule has 0 spiro atoms. The summed E-state index contributed by atoms with van der Waals surface area (Å²) in [5.74, 6) is -0.547. The number of para-hydroxylation sites is 1. The molecule has 0 aliphatic carbocycles. The molecule has 1 atom stereocenters. The molecule has 1 aromatic carbocycles. The average molecular weight is 199 g/mol. The van der Waals surface area contributed by atoms with Crippen LogP contribution in [0.3, 0.4) is 0 Å². The van der Waals surface area contributed by atoms with Crippen LogP contribution >= 0.6 is 0 Å². The highest BCUT2D eigenvalue weighted by molar-refractivity contribution is 5.37. The summed E-state index contributed by atoms with van der Waals surface area (Å²) in [5.41, 5.74) is 6.06. The third-order valence-corrected chi connectivity index (χ3v) is 2.15. The predicted octanol–water partition coefficient (Wildman–Crippen LogP) is 0.869. The van der Waals surface area contributed by atoms with Crippen LogP contribution in [-0.2, 0) is 0 Å². The first-order chi connectivity index (χ1) is 6.74. The lowest BCUT2D eigenvalue weighted by molar-refractivity contribution is 0.263. The first-order valence-corrected chi connectivity index (χ1v) is 4.38. The molecular weight excluding hydrogens is 185 g/mol. The summed E-state index contributed by atoms with van der Waals surface area (Å²) in [4.78, 5) is 0. The van der Waals surface area contributed by atoms with Gasteiger partial charge in [-0.15, -0.1) is 0 Å². The Kier molecular flexibility index (Phi) is 3.85. The van der Waals surface area contributed by atoms with Crippen molar-refractivity contribution in [3.8, 4) is 5.75 Å². The van der Waals surface area contributed by atoms with E-state index in [9.17, 15) is 4.39 Å². The van der Waals surface area contributed by atoms with Gasteiger partial charge in [-0.1, -0.05) is 12.1 Å². The van der Waals surface area contributed by atoms with Gasteiger partial charge in [-0.2, -0.15) is 0 Å². The second kappa shape index (κ2) is 4.93. The Morgan fingerprint density at radius 3 is 2.79 bits per heavy atom. The monoisotopic (exact) mass is 199 g/mol. The molecule has 3 N–H and O–H groups in total. The van der Waals surface area contributed by atoms with Gasteiger partial charge in [0.15, 0.2) is 11.6 Å². The van der Waals surface area contributed by atoms with Crippen LogP contribution in [-0.4, -0.2) is 25.4 Å². The molecule has 78 valence electrons. The van der Waals surface area contributed by atoms with Gasteiger partial charge in [-0.3, -0.25) is 0 Å². The maximum atomic E-state index is 13.2. The van der Waals surface area contributed by atoms with E-state index in [-0.39, 0.29) is 24.8 Å². The maximum absolute atomic E-state index is 13.2. The van der Waals surface area contributed by atoms with Crippen LogP contribution in [0.2, 0.25) is 0 Å². The van der Waals surface area contributed by atoms with E-state index in [0.29, 0.717) is 5.56 Å². The summed E-state index contributed by atoms with van der Waals surface area (Å²) >= 11 is 0. The number of aliphatic hydroxyl groups is 1. The first kappa shape index (κ1) is 10.9. The fourth-order valence-electron chi connectivity index (χ4n) is 1.36. The van der Waals surface area contributed by atoms with Crippen LogP contribution in [0, 0.1) is 5.82 Å². The lowest BCUT2D eigenvalue weighted by Gasteiger charge is -2.15. The van der Waals surface area contributed by atoms with Crippen molar-refractivity contribution in [3.63, 3.8) is 0 Å². The van der Waals surface area contributed by atoms with E-state index in [1.54, 1.807) is 12.1 Å². The summed E-state index contributed by atoms with van der Waals surface area (Å²) in [5, 5.41) is 9.03. The zero-order chi connectivity index (χ0) is 10.6. The number of hydrogen-bond donors (Lipinski definition) is 2.